The number of aromatic hydroxyl groups is 1. The molecule has 4 aromatic rings. The molecule has 4 aromatic carbocycles. The highest BCUT2D eigenvalue weighted by molar-refractivity contribution is 9.10. The topological polar surface area (TPSA) is 82.1 Å². The Bertz CT molecular complexity index is 1370. The molecule has 0 amide bonds. The Labute approximate surface area is 286 Å². The summed E-state index contributed by atoms with van der Waals surface area (Å²) in [6.07, 6.45) is 0.995. The lowest BCUT2D eigenvalue weighted by molar-refractivity contribution is -0.143. The summed E-state index contributed by atoms with van der Waals surface area (Å²) in [6.45, 7) is 1.03. The Kier molecular flexibility index (Phi) is 20.5. The predicted octanol–water partition coefficient (Wildman–Crippen LogP) is 8.48. The van der Waals surface area contributed by atoms with Gasteiger partial charge in [-0.15, -0.1) is 0 Å². The molecule has 0 aliphatic carbocycles. The van der Waals surface area contributed by atoms with Gasteiger partial charge in [0.25, 0.3) is 0 Å². The van der Waals surface area contributed by atoms with Crippen LogP contribution in [0.5, 0.6) is 11.5 Å². The van der Waals surface area contributed by atoms with E-state index in [0.717, 1.165) is 18.2 Å². The predicted molar refractivity (Wildman–Crippen MR) is 193 cm³/mol. The first-order valence-electron chi connectivity index (χ1n) is 13.0. The maximum atomic E-state index is 11.3. The second-order valence-electron chi connectivity index (χ2n) is 8.89. The molecule has 2 aliphatic rings. The van der Waals surface area contributed by atoms with Gasteiger partial charge in [0.15, 0.2) is 25.7 Å². The third-order valence-corrected chi connectivity index (χ3v) is 8.81. The van der Waals surface area contributed by atoms with Crippen molar-refractivity contribution in [3.63, 3.8) is 0 Å². The van der Waals surface area contributed by atoms with Crippen LogP contribution in [0.15, 0.2) is 129 Å². The first-order chi connectivity index (χ1) is 20.0. The molecule has 0 spiro atoms. The van der Waals surface area contributed by atoms with Gasteiger partial charge in [0.05, 0.1) is 13.2 Å². The number of esters is 2. The van der Waals surface area contributed by atoms with Crippen LogP contribution < -0.4 is 4.74 Å². The van der Waals surface area contributed by atoms with Crippen LogP contribution in [0.1, 0.15) is 42.5 Å². The fraction of sp³-hybridized carbons (Fsp3) is 0.278. The van der Waals surface area contributed by atoms with Gasteiger partial charge in [0.2, 0.25) is 0 Å². The van der Waals surface area contributed by atoms with Crippen molar-refractivity contribution in [1.29, 1.82) is 0 Å². The fourth-order valence-electron chi connectivity index (χ4n) is 3.65. The van der Waals surface area contributed by atoms with E-state index in [-0.39, 0.29) is 46.5 Å². The number of hydrogen-bond acceptors (Lipinski definition) is 6. The minimum atomic E-state index is -0.451. The quantitative estimate of drug-likeness (QED) is 0.0932. The van der Waals surface area contributed by atoms with Crippen molar-refractivity contribution in [2.75, 3.05) is 13.2 Å². The van der Waals surface area contributed by atoms with Gasteiger partial charge in [-0.25, -0.2) is 4.79 Å². The molecule has 2 aliphatic heterocycles. The fourth-order valence-corrected chi connectivity index (χ4v) is 5.80. The largest absolute Gasteiger partial charge is 0.508 e. The van der Waals surface area contributed by atoms with Crippen LogP contribution >= 0.6 is 15.9 Å². The van der Waals surface area contributed by atoms with Crippen molar-refractivity contribution < 1.29 is 28.9 Å². The molecule has 2 unspecified atom stereocenters. The highest BCUT2D eigenvalue weighted by atomic mass is 79.9. The number of alkyl halides is 1. The summed E-state index contributed by atoms with van der Waals surface area (Å²) < 4.78 is 15.1. The molecule has 45 heavy (non-hydrogen) atoms. The number of phenols is 1. The summed E-state index contributed by atoms with van der Waals surface area (Å²) in [6, 6.07) is 35.7. The van der Waals surface area contributed by atoms with Gasteiger partial charge in [-0.1, -0.05) is 82.0 Å². The van der Waals surface area contributed by atoms with Crippen LogP contribution in [0.25, 0.3) is 0 Å². The Hall–Kier alpha value is -3.40. The first-order valence-corrected chi connectivity index (χ1v) is 15.7. The number of carbonyl (C=O) groups excluding carboxylic acids is 2. The van der Waals surface area contributed by atoms with E-state index in [1.807, 2.05) is 72.8 Å². The minimum Gasteiger partial charge on any atom is -0.508 e. The summed E-state index contributed by atoms with van der Waals surface area (Å²) >= 11 is 5.46. The second-order valence-corrected chi connectivity index (χ2v) is 12.5. The minimum absolute atomic E-state index is 0. The van der Waals surface area contributed by atoms with E-state index in [4.69, 9.17) is 14.6 Å². The Morgan fingerprint density at radius 1 is 0.600 bits per heavy atom. The molecule has 2 saturated heterocycles. The van der Waals surface area contributed by atoms with Gasteiger partial charge in [0.1, 0.15) is 16.3 Å². The zero-order valence-electron chi connectivity index (χ0n) is 22.1. The van der Waals surface area contributed by atoms with Crippen molar-refractivity contribution in [3.05, 3.63) is 109 Å². The average Bonchev–Trinajstić information content (AvgIpc) is 3.58. The number of phenolic OH excluding ortho intramolecular Hbond substituents is 1. The molecule has 6 rings (SSSR count). The molecule has 6 nitrogen and oxygen atoms in total. The number of rotatable bonds is 6. The van der Waals surface area contributed by atoms with Crippen LogP contribution in [-0.4, -0.2) is 41.2 Å². The Morgan fingerprint density at radius 3 is 1.40 bits per heavy atom. The van der Waals surface area contributed by atoms with Gasteiger partial charge < -0.3 is 19.3 Å². The molecular weight excluding hydrogens is 672 g/mol. The van der Waals surface area contributed by atoms with E-state index in [0.29, 0.717) is 31.1 Å². The average molecular weight is 720 g/mol. The van der Waals surface area contributed by atoms with Crippen LogP contribution in [0.4, 0.5) is 0 Å². The third kappa shape index (κ3) is 14.5. The highest BCUT2D eigenvalue weighted by Gasteiger charge is 2.28. The SMILES string of the molecule is C.C.C.C.O=C1OCCC1Br.O=C1OCCC1Oc1ccc([SH+]c2ccccc2)cc1.Oc1ccc([SH+]c2ccccc2)cc1. The highest BCUT2D eigenvalue weighted by Crippen LogP contribution is 2.21. The molecule has 0 saturated carbocycles. The molecule has 9 heteroatoms. The van der Waals surface area contributed by atoms with Crippen molar-refractivity contribution in [2.45, 2.75) is 73.1 Å². The standard InChI is InChI=1S/C16H14O3S.C12H10OS.C4H5BrO2.4CH4/c17-16-15(10-11-18-16)19-12-6-8-14(9-7-12)20-13-4-2-1-3-5-13;13-10-6-8-12(9-7-10)14-11-4-2-1-3-5-11;5-3-1-2-7-4(3)6;;;;/h1-9,15H,10-11H2;1-9,13H;3H,1-2H2;4*1H4/p+2. The summed E-state index contributed by atoms with van der Waals surface area (Å²) in [7, 11) is 0. The summed E-state index contributed by atoms with van der Waals surface area (Å²) in [5.74, 6) is 0.634. The summed E-state index contributed by atoms with van der Waals surface area (Å²) in [5.41, 5.74) is 0. The van der Waals surface area contributed by atoms with Crippen molar-refractivity contribution in [3.8, 4) is 11.5 Å². The van der Waals surface area contributed by atoms with Gasteiger partial charge in [-0.3, -0.25) is 4.79 Å². The Balaban J connectivity index is 0.000000681. The van der Waals surface area contributed by atoms with Crippen LogP contribution in [0, 0.1) is 0 Å². The summed E-state index contributed by atoms with van der Waals surface area (Å²) in [4.78, 5) is 26.5. The van der Waals surface area contributed by atoms with Crippen LogP contribution in [-0.2, 0) is 42.6 Å². The monoisotopic (exact) mass is 718 g/mol. The lowest BCUT2D eigenvalue weighted by Crippen LogP contribution is -2.21. The maximum absolute atomic E-state index is 11.3. The van der Waals surface area contributed by atoms with Crippen molar-refractivity contribution >= 4 is 51.4 Å². The van der Waals surface area contributed by atoms with Gasteiger partial charge in [0, 0.05) is 36.4 Å². The Morgan fingerprint density at radius 2 is 1.02 bits per heavy atom. The molecule has 1 N–H and O–H groups in total. The number of carbonyl (C=O) groups is 2. The van der Waals surface area contributed by atoms with Gasteiger partial charge in [-0.2, -0.15) is 0 Å². The zero-order valence-corrected chi connectivity index (χ0v) is 25.5. The van der Waals surface area contributed by atoms with E-state index >= 15 is 0 Å². The number of hydrogen-bond donors (Lipinski definition) is 1. The first kappa shape index (κ1) is 41.6. The number of thiol groups is 2. The van der Waals surface area contributed by atoms with E-state index < -0.39 is 6.10 Å². The molecule has 0 bridgehead atoms. The molecular formula is C36H47BrO6S2+2. The number of ether oxygens (including phenoxy) is 3. The summed E-state index contributed by atoms with van der Waals surface area (Å²) in [5, 5.41) is 9.12. The molecule has 2 fully saturated rings. The van der Waals surface area contributed by atoms with Crippen molar-refractivity contribution in [2.24, 2.45) is 0 Å². The van der Waals surface area contributed by atoms with Crippen molar-refractivity contribution in [1.82, 2.24) is 0 Å². The molecule has 244 valence electrons. The number of cyclic esters (lactones) is 2. The normalized spacial score (nSPS) is 15.8. The van der Waals surface area contributed by atoms with E-state index in [9.17, 15) is 9.59 Å². The van der Waals surface area contributed by atoms with Crippen LogP contribution in [0.2, 0.25) is 0 Å². The lowest BCUT2D eigenvalue weighted by Gasteiger charge is -2.09. The zero-order chi connectivity index (χ0) is 28.9. The second kappa shape index (κ2) is 22.2. The maximum Gasteiger partial charge on any atom is 0.347 e. The van der Waals surface area contributed by atoms with E-state index in [2.05, 4.69) is 44.9 Å². The number of halogens is 1. The molecule has 0 aromatic heterocycles. The van der Waals surface area contributed by atoms with E-state index in [1.54, 1.807) is 12.1 Å². The third-order valence-electron chi connectivity index (χ3n) is 5.75. The molecule has 2 heterocycles. The molecule has 0 radical (unpaired) electrons. The number of benzene rings is 4. The van der Waals surface area contributed by atoms with Gasteiger partial charge in [-0.05, 0) is 72.8 Å². The van der Waals surface area contributed by atoms with Gasteiger partial charge >= 0.3 is 11.9 Å². The molecule has 2 atom stereocenters. The lowest BCUT2D eigenvalue weighted by atomic mass is 10.3. The van der Waals surface area contributed by atoms with Crippen LogP contribution in [0.3, 0.4) is 0 Å². The smallest absolute Gasteiger partial charge is 0.347 e. The van der Waals surface area contributed by atoms with E-state index in [1.165, 1.54) is 31.3 Å².